The van der Waals surface area contributed by atoms with Crippen molar-refractivity contribution >= 4 is 43.2 Å². The SMILES string of the molecule is CC1(C)c2ccccc2-c2c(-c3cc(-c4ccc(-c5cc6ccccc6s5)cc4)nc(-c4ccc5c(c4)c4ccccc4n5-c4ccccc4)n3)cccc21. The van der Waals surface area contributed by atoms with Crippen LogP contribution in [0.2, 0.25) is 0 Å². The molecule has 3 aromatic heterocycles. The van der Waals surface area contributed by atoms with Gasteiger partial charge in [0.15, 0.2) is 5.82 Å². The predicted molar refractivity (Wildman–Crippen MR) is 231 cm³/mol. The first-order chi connectivity index (χ1) is 27.0. The average Bonchev–Trinajstić information content (AvgIpc) is 3.89. The number of hydrogen-bond acceptors (Lipinski definition) is 3. The highest BCUT2D eigenvalue weighted by Crippen LogP contribution is 2.52. The number of aromatic nitrogens is 3. The van der Waals surface area contributed by atoms with Crippen LogP contribution >= 0.6 is 11.3 Å². The van der Waals surface area contributed by atoms with Gasteiger partial charge in [-0.05, 0) is 87.8 Å². The van der Waals surface area contributed by atoms with Gasteiger partial charge in [0.2, 0.25) is 0 Å². The van der Waals surface area contributed by atoms with Crippen LogP contribution in [0.25, 0.3) is 93.0 Å². The summed E-state index contributed by atoms with van der Waals surface area (Å²) in [6.07, 6.45) is 0. The third kappa shape index (κ3) is 5.02. The smallest absolute Gasteiger partial charge is 0.160 e. The molecule has 0 spiro atoms. The molecule has 1 aliphatic carbocycles. The van der Waals surface area contributed by atoms with Crippen LogP contribution in [0, 0.1) is 0 Å². The van der Waals surface area contributed by atoms with Gasteiger partial charge in [0, 0.05) is 48.1 Å². The number of thiophene rings is 1. The zero-order valence-electron chi connectivity index (χ0n) is 30.5. The van der Waals surface area contributed by atoms with Gasteiger partial charge in [0.25, 0.3) is 0 Å². The van der Waals surface area contributed by atoms with Gasteiger partial charge in [-0.1, -0.05) is 135 Å². The Morgan fingerprint density at radius 2 is 1.16 bits per heavy atom. The Bertz CT molecular complexity index is 3080. The largest absolute Gasteiger partial charge is 0.309 e. The molecule has 0 fully saturated rings. The molecular weight excluding hydrogens is 687 g/mol. The first-order valence-corrected chi connectivity index (χ1v) is 19.6. The summed E-state index contributed by atoms with van der Waals surface area (Å²) in [5.41, 5.74) is 14.8. The van der Waals surface area contributed by atoms with Crippen LogP contribution in [-0.4, -0.2) is 14.5 Å². The fourth-order valence-electron chi connectivity index (χ4n) is 8.73. The van der Waals surface area contributed by atoms with E-state index in [2.05, 4.69) is 194 Å². The van der Waals surface area contributed by atoms with Gasteiger partial charge in [-0.2, -0.15) is 0 Å². The van der Waals surface area contributed by atoms with Crippen LogP contribution < -0.4 is 0 Å². The van der Waals surface area contributed by atoms with Gasteiger partial charge in [0.05, 0.1) is 22.4 Å². The van der Waals surface area contributed by atoms with E-state index in [-0.39, 0.29) is 5.41 Å². The van der Waals surface area contributed by atoms with Crippen molar-refractivity contribution < 1.29 is 0 Å². The summed E-state index contributed by atoms with van der Waals surface area (Å²) >= 11 is 1.83. The Balaban J connectivity index is 1.11. The molecule has 0 bridgehead atoms. The Morgan fingerprint density at radius 1 is 0.491 bits per heavy atom. The zero-order valence-corrected chi connectivity index (χ0v) is 31.3. The molecule has 0 N–H and O–H groups in total. The molecule has 55 heavy (non-hydrogen) atoms. The molecule has 3 nitrogen and oxygen atoms in total. The lowest BCUT2D eigenvalue weighted by Gasteiger charge is -2.21. The molecule has 0 aliphatic heterocycles. The molecule has 1 aliphatic rings. The molecule has 3 heterocycles. The second-order valence-electron chi connectivity index (χ2n) is 15.0. The van der Waals surface area contributed by atoms with Gasteiger partial charge in [0.1, 0.15) is 0 Å². The summed E-state index contributed by atoms with van der Waals surface area (Å²) in [5, 5.41) is 3.66. The highest BCUT2D eigenvalue weighted by Gasteiger charge is 2.36. The van der Waals surface area contributed by atoms with Crippen LogP contribution in [0.4, 0.5) is 0 Å². The Labute approximate surface area is 323 Å². The molecule has 0 amide bonds. The maximum absolute atomic E-state index is 5.42. The second-order valence-corrected chi connectivity index (χ2v) is 16.1. The van der Waals surface area contributed by atoms with E-state index in [0.717, 1.165) is 39.3 Å². The van der Waals surface area contributed by atoms with Crippen molar-refractivity contribution in [1.82, 2.24) is 14.5 Å². The molecule has 260 valence electrons. The van der Waals surface area contributed by atoms with Crippen LogP contribution in [0.3, 0.4) is 0 Å². The third-order valence-corrected chi connectivity index (χ3v) is 12.6. The fourth-order valence-corrected chi connectivity index (χ4v) is 9.79. The Hall–Kier alpha value is -6.62. The number of nitrogens with zero attached hydrogens (tertiary/aromatic N) is 3. The maximum Gasteiger partial charge on any atom is 0.160 e. The monoisotopic (exact) mass is 721 g/mol. The molecule has 0 atom stereocenters. The number of benzene rings is 7. The number of para-hydroxylation sites is 2. The van der Waals surface area contributed by atoms with Crippen LogP contribution in [0.15, 0.2) is 176 Å². The van der Waals surface area contributed by atoms with Crippen molar-refractivity contribution in [1.29, 1.82) is 0 Å². The van der Waals surface area contributed by atoms with Crippen molar-refractivity contribution in [2.45, 2.75) is 19.3 Å². The summed E-state index contributed by atoms with van der Waals surface area (Å²) in [6.45, 7) is 4.66. The highest BCUT2D eigenvalue weighted by molar-refractivity contribution is 7.22. The highest BCUT2D eigenvalue weighted by atomic mass is 32.1. The normalized spacial score (nSPS) is 13.1. The summed E-state index contributed by atoms with van der Waals surface area (Å²) in [5.74, 6) is 0.711. The van der Waals surface area contributed by atoms with Crippen molar-refractivity contribution in [3.05, 3.63) is 187 Å². The average molecular weight is 722 g/mol. The van der Waals surface area contributed by atoms with Crippen molar-refractivity contribution in [2.75, 3.05) is 0 Å². The topological polar surface area (TPSA) is 30.7 Å². The summed E-state index contributed by atoms with van der Waals surface area (Å²) in [4.78, 5) is 12.0. The number of hydrogen-bond donors (Lipinski definition) is 0. The van der Waals surface area contributed by atoms with Crippen molar-refractivity contribution in [3.63, 3.8) is 0 Å². The van der Waals surface area contributed by atoms with Crippen molar-refractivity contribution in [3.8, 4) is 61.2 Å². The van der Waals surface area contributed by atoms with Crippen LogP contribution in [-0.2, 0) is 5.41 Å². The molecule has 10 aromatic rings. The van der Waals surface area contributed by atoms with E-state index in [0.29, 0.717) is 5.82 Å². The quantitative estimate of drug-likeness (QED) is 0.177. The van der Waals surface area contributed by atoms with Crippen LogP contribution in [0.5, 0.6) is 0 Å². The summed E-state index contributed by atoms with van der Waals surface area (Å²) < 4.78 is 3.65. The summed E-state index contributed by atoms with van der Waals surface area (Å²) in [6, 6.07) is 63.4. The standard InChI is InChI=1S/C51H35N3S/c1-51(2)41-19-9-7-17-38(41)49-39(18-12-20-42(49)51)44-31-43(32-23-25-33(26-24-32)48-30-34-13-6-11-22-47(34)55-48)52-50(53-44)35-27-28-46-40(29-35)37-16-8-10-21-45(37)54(46)36-14-4-3-5-15-36/h3-31H,1-2H3. The minimum atomic E-state index is -0.110. The van der Waals surface area contributed by atoms with Gasteiger partial charge >= 0.3 is 0 Å². The lowest BCUT2D eigenvalue weighted by atomic mass is 9.82. The van der Waals surface area contributed by atoms with E-state index >= 15 is 0 Å². The van der Waals surface area contributed by atoms with Gasteiger partial charge in [-0.15, -0.1) is 11.3 Å². The summed E-state index contributed by atoms with van der Waals surface area (Å²) in [7, 11) is 0. The maximum atomic E-state index is 5.42. The van der Waals surface area contributed by atoms with Crippen LogP contribution in [0.1, 0.15) is 25.0 Å². The first kappa shape index (κ1) is 31.9. The molecule has 0 unspecified atom stereocenters. The fraction of sp³-hybridized carbons (Fsp3) is 0.0588. The van der Waals surface area contributed by atoms with Gasteiger partial charge in [-0.25, -0.2) is 9.97 Å². The van der Waals surface area contributed by atoms with E-state index in [4.69, 9.17) is 9.97 Å². The second kappa shape index (κ2) is 12.2. The Morgan fingerprint density at radius 3 is 2.04 bits per heavy atom. The zero-order chi connectivity index (χ0) is 36.7. The lowest BCUT2D eigenvalue weighted by Crippen LogP contribution is -2.14. The first-order valence-electron chi connectivity index (χ1n) is 18.8. The molecular formula is C51H35N3S. The molecule has 0 radical (unpaired) electrons. The van der Waals surface area contributed by atoms with Gasteiger partial charge in [-0.3, -0.25) is 0 Å². The minimum absolute atomic E-state index is 0.110. The van der Waals surface area contributed by atoms with E-state index in [1.54, 1.807) is 0 Å². The molecule has 11 rings (SSSR count). The lowest BCUT2D eigenvalue weighted by molar-refractivity contribution is 0.660. The van der Waals surface area contributed by atoms with E-state index < -0.39 is 0 Å². The third-order valence-electron chi connectivity index (χ3n) is 11.4. The molecule has 7 aromatic carbocycles. The number of fused-ring (bicyclic) bond motifs is 7. The molecule has 0 saturated heterocycles. The van der Waals surface area contributed by atoms with Gasteiger partial charge < -0.3 is 4.57 Å². The number of rotatable bonds is 5. The Kier molecular flexibility index (Phi) is 7.07. The minimum Gasteiger partial charge on any atom is -0.309 e. The molecule has 0 saturated carbocycles. The predicted octanol–water partition coefficient (Wildman–Crippen LogP) is 13.8. The van der Waals surface area contributed by atoms with E-state index in [9.17, 15) is 0 Å². The van der Waals surface area contributed by atoms with E-state index in [1.165, 1.54) is 59.1 Å². The van der Waals surface area contributed by atoms with Crippen molar-refractivity contribution in [2.24, 2.45) is 0 Å². The van der Waals surface area contributed by atoms with E-state index in [1.807, 2.05) is 11.3 Å². The molecule has 4 heteroatoms.